The Morgan fingerprint density at radius 2 is 1.95 bits per heavy atom. The van der Waals surface area contributed by atoms with Gasteiger partial charge in [0.05, 0.1) is 9.95 Å². The van der Waals surface area contributed by atoms with Crippen molar-refractivity contribution in [2.45, 2.75) is 19.5 Å². The maximum absolute atomic E-state index is 10.7. The van der Waals surface area contributed by atoms with E-state index in [4.69, 9.17) is 23.2 Å². The lowest BCUT2D eigenvalue weighted by Crippen LogP contribution is -2.30. The van der Waals surface area contributed by atoms with Crippen LogP contribution in [-0.2, 0) is 19.5 Å². The van der Waals surface area contributed by atoms with Crippen molar-refractivity contribution in [1.82, 2.24) is 4.90 Å². The van der Waals surface area contributed by atoms with E-state index in [2.05, 4.69) is 11.0 Å². The van der Waals surface area contributed by atoms with Crippen LogP contribution in [0.25, 0.3) is 0 Å². The maximum atomic E-state index is 10.7. The molecule has 2 aromatic carbocycles. The zero-order valence-corrected chi connectivity index (χ0v) is 13.3. The molecule has 0 aliphatic carbocycles. The van der Waals surface area contributed by atoms with Crippen molar-refractivity contribution in [2.75, 3.05) is 6.54 Å². The maximum Gasteiger partial charge on any atom is 0.270 e. The van der Waals surface area contributed by atoms with Crippen LogP contribution in [0.2, 0.25) is 10.0 Å². The highest BCUT2D eigenvalue weighted by Crippen LogP contribution is 2.27. The molecule has 4 nitrogen and oxygen atoms in total. The summed E-state index contributed by atoms with van der Waals surface area (Å²) in [4.78, 5) is 12.6. The van der Waals surface area contributed by atoms with E-state index in [-0.39, 0.29) is 5.69 Å². The Kier molecular flexibility index (Phi) is 4.34. The molecule has 0 aromatic heterocycles. The largest absolute Gasteiger partial charge is 0.294 e. The fraction of sp³-hybridized carbons (Fsp3) is 0.250. The number of fused-ring (bicyclic) bond motifs is 1. The molecule has 0 spiro atoms. The number of hydrogen-bond acceptors (Lipinski definition) is 3. The molecule has 0 fully saturated rings. The average Bonchev–Trinajstić information content (AvgIpc) is 2.48. The van der Waals surface area contributed by atoms with E-state index >= 15 is 0 Å². The lowest BCUT2D eigenvalue weighted by molar-refractivity contribution is -0.384. The summed E-state index contributed by atoms with van der Waals surface area (Å²) in [5, 5.41) is 11.9. The van der Waals surface area contributed by atoms with E-state index in [0.717, 1.165) is 30.1 Å². The van der Waals surface area contributed by atoms with Crippen molar-refractivity contribution in [2.24, 2.45) is 0 Å². The Hall–Kier alpha value is -1.62. The summed E-state index contributed by atoms with van der Waals surface area (Å²) in [6, 6.07) is 10.6. The minimum Gasteiger partial charge on any atom is -0.294 e. The van der Waals surface area contributed by atoms with Crippen LogP contribution in [-0.4, -0.2) is 16.4 Å². The van der Waals surface area contributed by atoms with Crippen LogP contribution in [0.5, 0.6) is 0 Å². The van der Waals surface area contributed by atoms with E-state index < -0.39 is 4.92 Å². The monoisotopic (exact) mass is 336 g/mol. The molecule has 0 saturated carbocycles. The summed E-state index contributed by atoms with van der Waals surface area (Å²) in [6.45, 7) is 2.41. The van der Waals surface area contributed by atoms with Crippen molar-refractivity contribution in [1.29, 1.82) is 0 Å². The fourth-order valence-corrected chi connectivity index (χ4v) is 3.17. The Balaban J connectivity index is 1.76. The molecule has 3 rings (SSSR count). The summed E-state index contributed by atoms with van der Waals surface area (Å²) >= 11 is 12.2. The van der Waals surface area contributed by atoms with Crippen LogP contribution >= 0.6 is 23.2 Å². The molecule has 1 aliphatic rings. The Morgan fingerprint density at radius 3 is 2.68 bits per heavy atom. The first-order valence-electron chi connectivity index (χ1n) is 6.95. The van der Waals surface area contributed by atoms with Crippen LogP contribution in [0.4, 0.5) is 5.69 Å². The van der Waals surface area contributed by atoms with Crippen molar-refractivity contribution in [3.63, 3.8) is 0 Å². The second-order valence-electron chi connectivity index (χ2n) is 5.41. The predicted molar refractivity (Wildman–Crippen MR) is 87.4 cm³/mol. The molecule has 114 valence electrons. The molecule has 1 aliphatic heterocycles. The Bertz CT molecular complexity index is 734. The quantitative estimate of drug-likeness (QED) is 0.614. The van der Waals surface area contributed by atoms with Gasteiger partial charge >= 0.3 is 0 Å². The molecular weight excluding hydrogens is 323 g/mol. The Labute approximate surface area is 138 Å². The summed E-state index contributed by atoms with van der Waals surface area (Å²) < 4.78 is 0. The molecule has 22 heavy (non-hydrogen) atoms. The van der Waals surface area contributed by atoms with E-state index in [1.165, 1.54) is 23.3 Å². The molecular formula is C16H14Cl2N2O2. The van der Waals surface area contributed by atoms with Gasteiger partial charge < -0.3 is 0 Å². The highest BCUT2D eigenvalue weighted by molar-refractivity contribution is 6.31. The second kappa shape index (κ2) is 6.24. The molecule has 0 radical (unpaired) electrons. The number of nitrogens with zero attached hydrogens (tertiary/aromatic N) is 2. The number of nitro groups is 1. The van der Waals surface area contributed by atoms with Gasteiger partial charge in [-0.15, -0.1) is 0 Å². The van der Waals surface area contributed by atoms with Gasteiger partial charge in [0.1, 0.15) is 0 Å². The van der Waals surface area contributed by atoms with Gasteiger partial charge in [0.25, 0.3) is 5.69 Å². The SMILES string of the molecule is O=[N+]([O-])c1ccc(CN2CCc3ccc(Cl)cc3C2)c(Cl)c1. The third kappa shape index (κ3) is 3.24. The van der Waals surface area contributed by atoms with E-state index in [9.17, 15) is 10.1 Å². The average molecular weight is 337 g/mol. The molecule has 0 saturated heterocycles. The minimum atomic E-state index is -0.436. The number of non-ortho nitro benzene ring substituents is 1. The molecule has 0 unspecified atom stereocenters. The van der Waals surface area contributed by atoms with Crippen LogP contribution in [0.3, 0.4) is 0 Å². The highest BCUT2D eigenvalue weighted by atomic mass is 35.5. The fourth-order valence-electron chi connectivity index (χ4n) is 2.74. The first-order valence-corrected chi connectivity index (χ1v) is 7.71. The lowest BCUT2D eigenvalue weighted by atomic mass is 9.99. The van der Waals surface area contributed by atoms with E-state index in [0.29, 0.717) is 11.6 Å². The second-order valence-corrected chi connectivity index (χ2v) is 6.25. The van der Waals surface area contributed by atoms with Crippen LogP contribution in [0.1, 0.15) is 16.7 Å². The molecule has 0 bridgehead atoms. The Morgan fingerprint density at radius 1 is 1.14 bits per heavy atom. The van der Waals surface area contributed by atoms with Gasteiger partial charge in [-0.05, 0) is 41.3 Å². The first-order chi connectivity index (χ1) is 10.5. The lowest BCUT2D eigenvalue weighted by Gasteiger charge is -2.29. The predicted octanol–water partition coefficient (Wildman–Crippen LogP) is 4.46. The van der Waals surface area contributed by atoms with Gasteiger partial charge in [0.2, 0.25) is 0 Å². The van der Waals surface area contributed by atoms with E-state index in [1.54, 1.807) is 6.07 Å². The van der Waals surface area contributed by atoms with Gasteiger partial charge in [0, 0.05) is 36.8 Å². The van der Waals surface area contributed by atoms with Crippen molar-refractivity contribution < 1.29 is 4.92 Å². The molecule has 0 atom stereocenters. The third-order valence-corrected chi connectivity index (χ3v) is 4.49. The van der Waals surface area contributed by atoms with Crippen LogP contribution < -0.4 is 0 Å². The number of halogens is 2. The minimum absolute atomic E-state index is 0.0181. The summed E-state index contributed by atoms with van der Waals surface area (Å²) in [5.74, 6) is 0. The van der Waals surface area contributed by atoms with Crippen LogP contribution in [0, 0.1) is 10.1 Å². The third-order valence-electron chi connectivity index (χ3n) is 3.90. The van der Waals surface area contributed by atoms with Gasteiger partial charge in [0.15, 0.2) is 0 Å². The van der Waals surface area contributed by atoms with Crippen molar-refractivity contribution in [3.8, 4) is 0 Å². The molecule has 0 N–H and O–H groups in total. The van der Waals surface area contributed by atoms with Gasteiger partial charge in [-0.25, -0.2) is 0 Å². The molecule has 1 heterocycles. The summed E-state index contributed by atoms with van der Waals surface area (Å²) in [7, 11) is 0. The molecule has 6 heteroatoms. The number of hydrogen-bond donors (Lipinski definition) is 0. The zero-order chi connectivity index (χ0) is 15.7. The van der Waals surface area contributed by atoms with Gasteiger partial charge in [-0.1, -0.05) is 29.3 Å². The highest BCUT2D eigenvalue weighted by Gasteiger charge is 2.18. The van der Waals surface area contributed by atoms with Gasteiger partial charge in [-0.2, -0.15) is 0 Å². The first kappa shape index (κ1) is 15.3. The van der Waals surface area contributed by atoms with Gasteiger partial charge in [-0.3, -0.25) is 15.0 Å². The van der Waals surface area contributed by atoms with E-state index in [1.807, 2.05) is 12.1 Å². The summed E-state index contributed by atoms with van der Waals surface area (Å²) in [6.07, 6.45) is 0.969. The number of nitro benzene ring substituents is 1. The number of benzene rings is 2. The standard InChI is InChI=1S/C16H14Cl2N2O2/c17-14-3-1-11-5-6-19(10-13(11)7-14)9-12-2-4-15(20(21)22)8-16(12)18/h1-4,7-8H,5-6,9-10H2. The zero-order valence-electron chi connectivity index (χ0n) is 11.8. The molecule has 2 aromatic rings. The number of rotatable bonds is 3. The summed E-state index contributed by atoms with van der Waals surface area (Å²) in [5.41, 5.74) is 3.48. The van der Waals surface area contributed by atoms with Crippen molar-refractivity contribution in [3.05, 3.63) is 73.2 Å². The van der Waals surface area contributed by atoms with Crippen LogP contribution in [0.15, 0.2) is 36.4 Å². The smallest absolute Gasteiger partial charge is 0.270 e. The molecule has 0 amide bonds. The topological polar surface area (TPSA) is 46.4 Å². The van der Waals surface area contributed by atoms with Crippen molar-refractivity contribution >= 4 is 28.9 Å². The normalized spacial score (nSPS) is 14.6.